The minimum Gasteiger partial charge on any atom is -0.496 e. The average Bonchev–Trinajstić information content (AvgIpc) is 2.97. The van der Waals surface area contributed by atoms with Gasteiger partial charge in [0, 0.05) is 47.9 Å². The molecule has 156 valence electrons. The standard InChI is InChI=1S/C23H30N2O3S/c1-28-19-8-7-9-20-18(19)14-17(16-29-20)24-12-5-6-13-25-21(26)15-23(22(25)27)10-3-2-4-11-23/h7-9H,2-6,10-16H2,1H3. The molecule has 0 N–H and O–H groups in total. The van der Waals surface area contributed by atoms with Crippen molar-refractivity contribution in [1.82, 2.24) is 4.90 Å². The zero-order valence-electron chi connectivity index (χ0n) is 17.2. The highest BCUT2D eigenvalue weighted by Gasteiger charge is 2.51. The van der Waals surface area contributed by atoms with Crippen molar-refractivity contribution in [2.45, 2.75) is 62.7 Å². The molecule has 1 saturated carbocycles. The van der Waals surface area contributed by atoms with E-state index in [0.717, 1.165) is 63.0 Å². The van der Waals surface area contributed by atoms with Crippen molar-refractivity contribution in [2.24, 2.45) is 10.4 Å². The maximum atomic E-state index is 12.8. The summed E-state index contributed by atoms with van der Waals surface area (Å²) in [6, 6.07) is 6.18. The van der Waals surface area contributed by atoms with Crippen molar-refractivity contribution in [2.75, 3.05) is 26.0 Å². The largest absolute Gasteiger partial charge is 0.496 e. The van der Waals surface area contributed by atoms with Crippen molar-refractivity contribution in [3.8, 4) is 5.75 Å². The van der Waals surface area contributed by atoms with E-state index in [0.29, 0.717) is 13.0 Å². The molecule has 0 radical (unpaired) electrons. The number of carbonyl (C=O) groups is 2. The van der Waals surface area contributed by atoms with Crippen molar-refractivity contribution >= 4 is 29.3 Å². The van der Waals surface area contributed by atoms with E-state index in [4.69, 9.17) is 9.73 Å². The number of unbranched alkanes of at least 4 members (excludes halogenated alkanes) is 1. The molecular weight excluding hydrogens is 384 g/mol. The van der Waals surface area contributed by atoms with Gasteiger partial charge in [-0.25, -0.2) is 0 Å². The van der Waals surface area contributed by atoms with Gasteiger partial charge in [0.05, 0.1) is 12.5 Å². The van der Waals surface area contributed by atoms with E-state index in [2.05, 4.69) is 6.07 Å². The van der Waals surface area contributed by atoms with E-state index in [1.54, 1.807) is 7.11 Å². The van der Waals surface area contributed by atoms with Crippen LogP contribution < -0.4 is 4.74 Å². The number of rotatable bonds is 6. The van der Waals surface area contributed by atoms with Crippen molar-refractivity contribution < 1.29 is 14.3 Å². The Morgan fingerprint density at radius 1 is 1.17 bits per heavy atom. The minimum atomic E-state index is -0.360. The van der Waals surface area contributed by atoms with E-state index in [-0.39, 0.29) is 17.2 Å². The summed E-state index contributed by atoms with van der Waals surface area (Å²) in [4.78, 5) is 32.9. The predicted molar refractivity (Wildman–Crippen MR) is 116 cm³/mol. The molecule has 0 atom stereocenters. The predicted octanol–water partition coefficient (Wildman–Crippen LogP) is 4.27. The van der Waals surface area contributed by atoms with Crippen LogP contribution in [0.2, 0.25) is 0 Å². The fourth-order valence-electron chi connectivity index (χ4n) is 4.89. The zero-order chi connectivity index (χ0) is 20.3. The Bertz CT molecular complexity index is 800. The normalized spacial score (nSPS) is 22.4. The lowest BCUT2D eigenvalue weighted by molar-refractivity contribution is -0.142. The number of thioether (sulfide) groups is 1. The Balaban J connectivity index is 1.26. The van der Waals surface area contributed by atoms with E-state index < -0.39 is 0 Å². The maximum Gasteiger partial charge on any atom is 0.235 e. The number of fused-ring (bicyclic) bond motifs is 1. The van der Waals surface area contributed by atoms with E-state index >= 15 is 0 Å². The van der Waals surface area contributed by atoms with Crippen LogP contribution in [0, 0.1) is 5.41 Å². The molecule has 2 fully saturated rings. The Kier molecular flexibility index (Phi) is 6.28. The van der Waals surface area contributed by atoms with Crippen LogP contribution in [0.15, 0.2) is 28.1 Å². The lowest BCUT2D eigenvalue weighted by Gasteiger charge is -2.30. The lowest BCUT2D eigenvalue weighted by atomic mass is 9.73. The Morgan fingerprint density at radius 3 is 2.79 bits per heavy atom. The summed E-state index contributed by atoms with van der Waals surface area (Å²) in [5, 5.41) is 0. The third kappa shape index (κ3) is 4.23. The molecule has 4 rings (SSSR count). The molecule has 1 saturated heterocycles. The minimum absolute atomic E-state index is 0.0376. The van der Waals surface area contributed by atoms with Crippen LogP contribution in [0.1, 0.15) is 56.9 Å². The number of nitrogens with zero attached hydrogens (tertiary/aromatic N) is 2. The molecule has 1 aliphatic carbocycles. The molecule has 5 nitrogen and oxygen atoms in total. The van der Waals surface area contributed by atoms with Crippen molar-refractivity contribution in [3.05, 3.63) is 23.8 Å². The fraction of sp³-hybridized carbons (Fsp3) is 0.609. The molecule has 0 aromatic heterocycles. The molecule has 2 heterocycles. The quantitative estimate of drug-likeness (QED) is 0.515. The molecule has 29 heavy (non-hydrogen) atoms. The third-order valence-corrected chi connectivity index (χ3v) is 7.68. The SMILES string of the molecule is COc1cccc2c1CC(=NCCCCN1C(=O)CC3(CCCCC3)C1=O)CS2. The molecule has 0 unspecified atom stereocenters. The van der Waals surface area contributed by atoms with Gasteiger partial charge in [-0.05, 0) is 37.8 Å². The summed E-state index contributed by atoms with van der Waals surface area (Å²) in [7, 11) is 1.71. The molecule has 1 spiro atoms. The Hall–Kier alpha value is -1.82. The molecule has 2 aliphatic heterocycles. The van der Waals surface area contributed by atoms with Gasteiger partial charge in [0.15, 0.2) is 0 Å². The van der Waals surface area contributed by atoms with Gasteiger partial charge in [0.1, 0.15) is 5.75 Å². The zero-order valence-corrected chi connectivity index (χ0v) is 18.1. The molecule has 6 heteroatoms. The van der Waals surface area contributed by atoms with Gasteiger partial charge in [0.25, 0.3) is 0 Å². The van der Waals surface area contributed by atoms with Crippen molar-refractivity contribution in [1.29, 1.82) is 0 Å². The second kappa shape index (κ2) is 8.90. The van der Waals surface area contributed by atoms with Crippen LogP contribution in [-0.4, -0.2) is 48.4 Å². The Labute approximate surface area is 177 Å². The first-order valence-electron chi connectivity index (χ1n) is 10.8. The van der Waals surface area contributed by atoms with Crippen LogP contribution in [0.3, 0.4) is 0 Å². The van der Waals surface area contributed by atoms with Gasteiger partial charge < -0.3 is 4.74 Å². The summed E-state index contributed by atoms with van der Waals surface area (Å²) in [5.74, 6) is 1.99. The van der Waals surface area contributed by atoms with Crippen LogP contribution in [-0.2, 0) is 16.0 Å². The number of hydrogen-bond donors (Lipinski definition) is 0. The van der Waals surface area contributed by atoms with Gasteiger partial charge in [-0.2, -0.15) is 0 Å². The molecular formula is C23H30N2O3S. The molecule has 1 aromatic carbocycles. The van der Waals surface area contributed by atoms with E-state index in [1.807, 2.05) is 23.9 Å². The van der Waals surface area contributed by atoms with E-state index in [1.165, 1.54) is 27.5 Å². The summed E-state index contributed by atoms with van der Waals surface area (Å²) in [6.45, 7) is 1.30. The number of likely N-dealkylation sites (tertiary alicyclic amines) is 1. The van der Waals surface area contributed by atoms with Gasteiger partial charge in [-0.1, -0.05) is 25.3 Å². The molecule has 0 bridgehead atoms. The number of carbonyl (C=O) groups excluding carboxylic acids is 2. The lowest BCUT2D eigenvalue weighted by Crippen LogP contribution is -2.37. The molecule has 3 aliphatic rings. The second-order valence-electron chi connectivity index (χ2n) is 8.43. The van der Waals surface area contributed by atoms with Crippen LogP contribution in [0.25, 0.3) is 0 Å². The highest BCUT2D eigenvalue weighted by atomic mass is 32.2. The number of amides is 2. The number of methoxy groups -OCH3 is 1. The summed E-state index contributed by atoms with van der Waals surface area (Å²) in [5.41, 5.74) is 2.07. The van der Waals surface area contributed by atoms with Crippen LogP contribution in [0.4, 0.5) is 0 Å². The van der Waals surface area contributed by atoms with Gasteiger partial charge in [-0.3, -0.25) is 19.5 Å². The van der Waals surface area contributed by atoms with Gasteiger partial charge in [-0.15, -0.1) is 11.8 Å². The summed E-state index contributed by atoms with van der Waals surface area (Å²) in [6.07, 6.45) is 8.15. The topological polar surface area (TPSA) is 59.0 Å². The first-order valence-corrected chi connectivity index (χ1v) is 11.8. The monoisotopic (exact) mass is 414 g/mol. The first-order chi connectivity index (χ1) is 14.1. The molecule has 1 aromatic rings. The first kappa shape index (κ1) is 20.5. The number of benzene rings is 1. The van der Waals surface area contributed by atoms with E-state index in [9.17, 15) is 9.59 Å². The maximum absolute atomic E-state index is 12.8. The van der Waals surface area contributed by atoms with Gasteiger partial charge >= 0.3 is 0 Å². The van der Waals surface area contributed by atoms with Crippen LogP contribution in [0.5, 0.6) is 5.75 Å². The third-order valence-electron chi connectivity index (χ3n) is 6.51. The number of hydrogen-bond acceptors (Lipinski definition) is 5. The van der Waals surface area contributed by atoms with Gasteiger partial charge in [0.2, 0.25) is 11.8 Å². The second-order valence-corrected chi connectivity index (χ2v) is 9.44. The smallest absolute Gasteiger partial charge is 0.235 e. The molecule has 2 amide bonds. The Morgan fingerprint density at radius 2 is 2.00 bits per heavy atom. The summed E-state index contributed by atoms with van der Waals surface area (Å²) < 4.78 is 5.49. The number of ether oxygens (including phenoxy) is 1. The number of imide groups is 1. The average molecular weight is 415 g/mol. The highest BCUT2D eigenvalue weighted by molar-refractivity contribution is 8.00. The fourth-order valence-corrected chi connectivity index (χ4v) is 5.93. The van der Waals surface area contributed by atoms with Crippen molar-refractivity contribution in [3.63, 3.8) is 0 Å². The highest BCUT2D eigenvalue weighted by Crippen LogP contribution is 2.45. The number of aliphatic imine (C=N–C) groups is 1. The van der Waals surface area contributed by atoms with Crippen LogP contribution >= 0.6 is 11.8 Å². The summed E-state index contributed by atoms with van der Waals surface area (Å²) >= 11 is 1.82.